The minimum atomic E-state index is -0.205. The van der Waals surface area contributed by atoms with Gasteiger partial charge in [0, 0.05) is 18.0 Å². The Bertz CT molecular complexity index is 504. The van der Waals surface area contributed by atoms with Crippen molar-refractivity contribution in [1.29, 1.82) is 0 Å². The van der Waals surface area contributed by atoms with Crippen molar-refractivity contribution in [1.82, 2.24) is 15.0 Å². The first-order chi connectivity index (χ1) is 6.75. The molecule has 0 aliphatic rings. The highest BCUT2D eigenvalue weighted by Gasteiger charge is 1.98. The van der Waals surface area contributed by atoms with E-state index in [-0.39, 0.29) is 5.56 Å². The van der Waals surface area contributed by atoms with Crippen molar-refractivity contribution < 1.29 is 0 Å². The Morgan fingerprint density at radius 2 is 1.93 bits per heavy atom. The lowest BCUT2D eigenvalue weighted by Crippen LogP contribution is -2.05. The number of hydrogen-bond acceptors (Lipinski definition) is 3. The molecule has 0 saturated carbocycles. The van der Waals surface area contributed by atoms with Gasteiger partial charge < -0.3 is 4.98 Å². The fourth-order valence-electron chi connectivity index (χ4n) is 1.23. The maximum atomic E-state index is 11.0. The smallest absolute Gasteiger partial charge is 0.266 e. The summed E-state index contributed by atoms with van der Waals surface area (Å²) in [6.45, 7) is 1.95. The molecule has 70 valence electrons. The van der Waals surface area contributed by atoms with Gasteiger partial charge >= 0.3 is 0 Å². The van der Waals surface area contributed by atoms with Crippen LogP contribution in [0.3, 0.4) is 0 Å². The van der Waals surface area contributed by atoms with Crippen molar-refractivity contribution in [3.63, 3.8) is 0 Å². The zero-order valence-electron chi connectivity index (χ0n) is 7.69. The summed E-state index contributed by atoms with van der Waals surface area (Å²) in [5.74, 6) is 0. The molecule has 0 unspecified atom stereocenters. The van der Waals surface area contributed by atoms with Crippen LogP contribution in [0.25, 0.3) is 11.3 Å². The molecule has 2 rings (SSSR count). The fourth-order valence-corrected chi connectivity index (χ4v) is 1.23. The van der Waals surface area contributed by atoms with E-state index >= 15 is 0 Å². The van der Waals surface area contributed by atoms with Crippen molar-refractivity contribution >= 4 is 0 Å². The quantitative estimate of drug-likeness (QED) is 0.728. The van der Waals surface area contributed by atoms with Gasteiger partial charge in [0.2, 0.25) is 0 Å². The van der Waals surface area contributed by atoms with Gasteiger partial charge in [0.05, 0.1) is 18.1 Å². The average molecular weight is 187 g/mol. The Morgan fingerprint density at radius 1 is 1.14 bits per heavy atom. The minimum Gasteiger partial charge on any atom is -0.319 e. The van der Waals surface area contributed by atoms with E-state index in [1.54, 1.807) is 18.6 Å². The molecule has 0 aromatic carbocycles. The molecule has 0 saturated heterocycles. The third-order valence-electron chi connectivity index (χ3n) is 1.84. The number of aromatic nitrogens is 3. The molecule has 2 aromatic heterocycles. The van der Waals surface area contributed by atoms with Crippen molar-refractivity contribution in [3.8, 4) is 11.3 Å². The maximum Gasteiger partial charge on any atom is 0.266 e. The Kier molecular flexibility index (Phi) is 2.10. The molecule has 0 radical (unpaired) electrons. The molecule has 4 heteroatoms. The molecule has 0 fully saturated rings. The van der Waals surface area contributed by atoms with E-state index in [4.69, 9.17) is 0 Å². The second kappa shape index (κ2) is 3.41. The summed E-state index contributed by atoms with van der Waals surface area (Å²) in [6, 6.07) is 1.94. The van der Waals surface area contributed by atoms with E-state index in [9.17, 15) is 4.79 Å². The highest BCUT2D eigenvalue weighted by molar-refractivity contribution is 5.56. The molecular weight excluding hydrogens is 178 g/mol. The molecule has 0 atom stereocenters. The third kappa shape index (κ3) is 1.69. The molecule has 0 aliphatic heterocycles. The first-order valence-electron chi connectivity index (χ1n) is 4.22. The molecule has 14 heavy (non-hydrogen) atoms. The number of nitrogens with one attached hydrogen (secondary N) is 1. The number of H-pyrrole nitrogens is 1. The zero-order chi connectivity index (χ0) is 9.97. The lowest BCUT2D eigenvalue weighted by atomic mass is 10.2. The molecule has 4 nitrogen and oxygen atoms in total. The molecule has 2 aromatic rings. The molecule has 2 heterocycles. The van der Waals surface area contributed by atoms with E-state index in [1.807, 2.05) is 13.0 Å². The number of nitrogens with zero attached hydrogens (tertiary/aromatic N) is 2. The van der Waals surface area contributed by atoms with Gasteiger partial charge in [-0.25, -0.2) is 0 Å². The third-order valence-corrected chi connectivity index (χ3v) is 1.84. The molecule has 0 amide bonds. The lowest BCUT2D eigenvalue weighted by Gasteiger charge is -2.00. The van der Waals surface area contributed by atoms with Gasteiger partial charge in [-0.1, -0.05) is 0 Å². The van der Waals surface area contributed by atoms with Gasteiger partial charge in [-0.05, 0) is 18.6 Å². The Balaban J connectivity index is 2.55. The van der Waals surface area contributed by atoms with E-state index in [0.29, 0.717) is 5.69 Å². The Morgan fingerprint density at radius 3 is 2.64 bits per heavy atom. The summed E-state index contributed by atoms with van der Waals surface area (Å²) in [5.41, 5.74) is 2.40. The molecule has 0 spiro atoms. The van der Waals surface area contributed by atoms with Gasteiger partial charge in [-0.3, -0.25) is 14.8 Å². The van der Waals surface area contributed by atoms with Gasteiger partial charge in [0.25, 0.3) is 5.56 Å². The molecule has 0 bridgehead atoms. The van der Waals surface area contributed by atoms with Gasteiger partial charge in [0.1, 0.15) is 0 Å². The second-order valence-electron chi connectivity index (χ2n) is 3.06. The number of aryl methyl sites for hydroxylation is 1. The monoisotopic (exact) mass is 187 g/mol. The molecule has 0 aliphatic carbocycles. The van der Waals surface area contributed by atoms with Crippen LogP contribution in [0.15, 0.2) is 35.6 Å². The number of rotatable bonds is 1. The van der Waals surface area contributed by atoms with Crippen LogP contribution in [-0.4, -0.2) is 15.0 Å². The van der Waals surface area contributed by atoms with Crippen molar-refractivity contribution in [2.24, 2.45) is 0 Å². The van der Waals surface area contributed by atoms with Crippen LogP contribution in [0.2, 0.25) is 0 Å². The number of aromatic amines is 1. The predicted octanol–water partition coefficient (Wildman–Crippen LogP) is 1.14. The van der Waals surface area contributed by atoms with Crippen molar-refractivity contribution in [2.45, 2.75) is 6.92 Å². The first-order valence-corrected chi connectivity index (χ1v) is 4.22. The van der Waals surface area contributed by atoms with Crippen LogP contribution in [0.4, 0.5) is 0 Å². The van der Waals surface area contributed by atoms with E-state index in [0.717, 1.165) is 11.1 Å². The van der Waals surface area contributed by atoms with Gasteiger partial charge in [-0.2, -0.15) is 0 Å². The normalized spacial score (nSPS) is 10.1. The van der Waals surface area contributed by atoms with Gasteiger partial charge in [0.15, 0.2) is 0 Å². The highest BCUT2D eigenvalue weighted by Crippen LogP contribution is 2.13. The summed E-state index contributed by atoms with van der Waals surface area (Å²) in [5, 5.41) is 0. The summed E-state index contributed by atoms with van der Waals surface area (Å²) in [4.78, 5) is 21.6. The van der Waals surface area contributed by atoms with Crippen molar-refractivity contribution in [3.05, 3.63) is 46.8 Å². The SMILES string of the molecule is Cc1cncc(-c2cncc(=O)[nH]2)c1. The summed E-state index contributed by atoms with van der Waals surface area (Å²) in [7, 11) is 0. The number of hydrogen-bond donors (Lipinski definition) is 1. The van der Waals surface area contributed by atoms with Crippen LogP contribution < -0.4 is 5.56 Å². The van der Waals surface area contributed by atoms with E-state index in [2.05, 4.69) is 15.0 Å². The van der Waals surface area contributed by atoms with Crippen LogP contribution in [0.1, 0.15) is 5.56 Å². The maximum absolute atomic E-state index is 11.0. The largest absolute Gasteiger partial charge is 0.319 e. The summed E-state index contributed by atoms with van der Waals surface area (Å²) >= 11 is 0. The fraction of sp³-hybridized carbons (Fsp3) is 0.100. The second-order valence-corrected chi connectivity index (χ2v) is 3.06. The van der Waals surface area contributed by atoms with Crippen LogP contribution in [0, 0.1) is 6.92 Å². The summed E-state index contributed by atoms with van der Waals surface area (Å²) < 4.78 is 0. The van der Waals surface area contributed by atoms with E-state index in [1.165, 1.54) is 6.20 Å². The topological polar surface area (TPSA) is 58.6 Å². The Hall–Kier alpha value is -1.97. The number of pyridine rings is 1. The first kappa shape index (κ1) is 8.62. The average Bonchev–Trinajstić information content (AvgIpc) is 2.18. The minimum absolute atomic E-state index is 0.205. The Labute approximate surface area is 80.7 Å². The summed E-state index contributed by atoms with van der Waals surface area (Å²) in [6.07, 6.45) is 6.31. The lowest BCUT2D eigenvalue weighted by molar-refractivity contribution is 1.13. The van der Waals surface area contributed by atoms with Crippen LogP contribution in [-0.2, 0) is 0 Å². The standard InChI is InChI=1S/C10H9N3O/c1-7-2-8(4-11-3-7)9-5-12-6-10(14)13-9/h2-6H,1H3,(H,13,14). The van der Waals surface area contributed by atoms with E-state index < -0.39 is 0 Å². The highest BCUT2D eigenvalue weighted by atomic mass is 16.1. The molecule has 1 N–H and O–H groups in total. The van der Waals surface area contributed by atoms with Crippen molar-refractivity contribution in [2.75, 3.05) is 0 Å². The molecular formula is C10H9N3O. The van der Waals surface area contributed by atoms with Crippen LogP contribution in [0.5, 0.6) is 0 Å². The zero-order valence-corrected chi connectivity index (χ0v) is 7.69. The van der Waals surface area contributed by atoms with Crippen LogP contribution >= 0.6 is 0 Å². The predicted molar refractivity (Wildman–Crippen MR) is 52.8 cm³/mol. The van der Waals surface area contributed by atoms with Gasteiger partial charge in [-0.15, -0.1) is 0 Å².